The molecular formula is C14H15N5O2. The fourth-order valence-electron chi connectivity index (χ4n) is 1.88. The van der Waals surface area contributed by atoms with E-state index in [0.29, 0.717) is 22.5 Å². The van der Waals surface area contributed by atoms with Gasteiger partial charge in [-0.1, -0.05) is 24.3 Å². The van der Waals surface area contributed by atoms with Crippen LogP contribution in [-0.2, 0) is 0 Å². The number of nitrogens with one attached hydrogen (secondary N) is 3. The van der Waals surface area contributed by atoms with Gasteiger partial charge < -0.3 is 5.32 Å². The number of para-hydroxylation sites is 2. The maximum Gasteiger partial charge on any atom is 0.267 e. The summed E-state index contributed by atoms with van der Waals surface area (Å²) >= 11 is 0. The summed E-state index contributed by atoms with van der Waals surface area (Å²) < 4.78 is 0. The van der Waals surface area contributed by atoms with Crippen LogP contribution < -0.4 is 27.9 Å². The van der Waals surface area contributed by atoms with Crippen LogP contribution in [-0.4, -0.2) is 11.8 Å². The largest absolute Gasteiger partial charge is 0.354 e. The predicted octanol–water partition coefficient (Wildman–Crippen LogP) is 0.637. The Hall–Kier alpha value is -2.90. The number of rotatable bonds is 4. The van der Waals surface area contributed by atoms with Crippen molar-refractivity contribution in [2.75, 3.05) is 5.32 Å². The van der Waals surface area contributed by atoms with Crippen LogP contribution in [0.5, 0.6) is 0 Å². The highest BCUT2D eigenvalue weighted by atomic mass is 16.2. The average molecular weight is 285 g/mol. The zero-order valence-electron chi connectivity index (χ0n) is 11.1. The first kappa shape index (κ1) is 14.5. The lowest BCUT2D eigenvalue weighted by Gasteiger charge is -2.13. The quantitative estimate of drug-likeness (QED) is 0.320. The molecule has 2 rings (SSSR count). The standard InChI is InChI=1S/C14H15N5O2/c15-18-13(20)9-5-1-3-7-11(9)17-12-8-4-2-6-10(12)14(21)19-16/h1-8,17H,15-16H2,(H,18,20)(H,19,21). The van der Waals surface area contributed by atoms with Gasteiger partial charge in [-0.2, -0.15) is 0 Å². The van der Waals surface area contributed by atoms with Crippen LogP contribution in [0.1, 0.15) is 20.7 Å². The molecule has 2 aromatic carbocycles. The molecular weight excluding hydrogens is 270 g/mol. The van der Waals surface area contributed by atoms with Crippen LogP contribution in [0.2, 0.25) is 0 Å². The van der Waals surface area contributed by atoms with Crippen molar-refractivity contribution < 1.29 is 9.59 Å². The molecule has 0 aliphatic rings. The molecule has 7 N–H and O–H groups in total. The van der Waals surface area contributed by atoms with Crippen molar-refractivity contribution in [2.45, 2.75) is 0 Å². The van der Waals surface area contributed by atoms with E-state index in [-0.39, 0.29) is 0 Å². The van der Waals surface area contributed by atoms with E-state index >= 15 is 0 Å². The van der Waals surface area contributed by atoms with Gasteiger partial charge in [0.25, 0.3) is 11.8 Å². The maximum atomic E-state index is 11.7. The second-order valence-corrected chi connectivity index (χ2v) is 4.16. The molecule has 0 spiro atoms. The van der Waals surface area contributed by atoms with Crippen molar-refractivity contribution in [3.05, 3.63) is 59.7 Å². The molecule has 0 saturated heterocycles. The third kappa shape index (κ3) is 3.16. The third-order valence-electron chi connectivity index (χ3n) is 2.87. The van der Waals surface area contributed by atoms with Crippen molar-refractivity contribution in [3.8, 4) is 0 Å². The van der Waals surface area contributed by atoms with Crippen LogP contribution in [0.3, 0.4) is 0 Å². The zero-order chi connectivity index (χ0) is 15.2. The van der Waals surface area contributed by atoms with E-state index in [1.165, 1.54) is 0 Å². The fourth-order valence-corrected chi connectivity index (χ4v) is 1.88. The molecule has 0 bridgehead atoms. The molecule has 0 unspecified atom stereocenters. The molecule has 7 nitrogen and oxygen atoms in total. The summed E-state index contributed by atoms with van der Waals surface area (Å²) in [5.74, 6) is 9.45. The zero-order valence-corrected chi connectivity index (χ0v) is 11.1. The minimum Gasteiger partial charge on any atom is -0.354 e. The Labute approximate surface area is 121 Å². The number of benzene rings is 2. The first-order chi connectivity index (χ1) is 10.2. The summed E-state index contributed by atoms with van der Waals surface area (Å²) in [4.78, 5) is 23.4. The second kappa shape index (κ2) is 6.51. The topological polar surface area (TPSA) is 122 Å². The Morgan fingerprint density at radius 1 is 0.714 bits per heavy atom. The van der Waals surface area contributed by atoms with Crippen molar-refractivity contribution >= 4 is 23.2 Å². The van der Waals surface area contributed by atoms with Gasteiger partial charge in [0.1, 0.15) is 0 Å². The van der Waals surface area contributed by atoms with E-state index in [2.05, 4.69) is 16.2 Å². The summed E-state index contributed by atoms with van der Waals surface area (Å²) in [6, 6.07) is 13.6. The lowest BCUT2D eigenvalue weighted by atomic mass is 10.1. The molecule has 2 aromatic rings. The Bertz CT molecular complexity index is 614. The minimum atomic E-state index is -0.432. The molecule has 0 fully saturated rings. The highest BCUT2D eigenvalue weighted by molar-refractivity contribution is 6.03. The second-order valence-electron chi connectivity index (χ2n) is 4.16. The van der Waals surface area contributed by atoms with Crippen LogP contribution in [0.4, 0.5) is 11.4 Å². The summed E-state index contributed by atoms with van der Waals surface area (Å²) in [7, 11) is 0. The Balaban J connectivity index is 2.40. The van der Waals surface area contributed by atoms with Crippen molar-refractivity contribution in [1.82, 2.24) is 10.9 Å². The number of hydrazine groups is 2. The number of amides is 2. The van der Waals surface area contributed by atoms with Crippen molar-refractivity contribution in [2.24, 2.45) is 11.7 Å². The number of carbonyl (C=O) groups is 2. The molecule has 0 aliphatic carbocycles. The van der Waals surface area contributed by atoms with Gasteiger partial charge in [-0.25, -0.2) is 11.7 Å². The fraction of sp³-hybridized carbons (Fsp3) is 0. The predicted molar refractivity (Wildman–Crippen MR) is 79.5 cm³/mol. The number of nitrogens with two attached hydrogens (primary N) is 2. The number of carbonyl (C=O) groups excluding carboxylic acids is 2. The lowest BCUT2D eigenvalue weighted by Crippen LogP contribution is -2.31. The van der Waals surface area contributed by atoms with Gasteiger partial charge in [-0.05, 0) is 24.3 Å². The Morgan fingerprint density at radius 2 is 1.10 bits per heavy atom. The average Bonchev–Trinajstić information content (AvgIpc) is 2.54. The van der Waals surface area contributed by atoms with Crippen molar-refractivity contribution in [3.63, 3.8) is 0 Å². The van der Waals surface area contributed by atoms with Gasteiger partial charge in [-0.15, -0.1) is 0 Å². The van der Waals surface area contributed by atoms with Gasteiger partial charge >= 0.3 is 0 Å². The monoisotopic (exact) mass is 285 g/mol. The van der Waals surface area contributed by atoms with E-state index in [1.807, 2.05) is 0 Å². The SMILES string of the molecule is NNC(=O)c1ccccc1Nc1ccccc1C(=O)NN. The summed E-state index contributed by atoms with van der Waals surface area (Å²) in [6.07, 6.45) is 0. The number of nitrogen functional groups attached to an aromatic ring is 2. The summed E-state index contributed by atoms with van der Waals surface area (Å²) in [5.41, 5.74) is 5.93. The van der Waals surface area contributed by atoms with E-state index < -0.39 is 11.8 Å². The first-order valence-corrected chi connectivity index (χ1v) is 6.14. The van der Waals surface area contributed by atoms with E-state index in [1.54, 1.807) is 48.5 Å². The van der Waals surface area contributed by atoms with Crippen LogP contribution >= 0.6 is 0 Å². The maximum absolute atomic E-state index is 11.7. The molecule has 0 heterocycles. The highest BCUT2D eigenvalue weighted by Crippen LogP contribution is 2.23. The summed E-state index contributed by atoms with van der Waals surface area (Å²) in [6.45, 7) is 0. The molecule has 0 aromatic heterocycles. The number of anilines is 2. The van der Waals surface area contributed by atoms with Crippen molar-refractivity contribution in [1.29, 1.82) is 0 Å². The van der Waals surface area contributed by atoms with Gasteiger partial charge in [0.2, 0.25) is 0 Å². The summed E-state index contributed by atoms with van der Waals surface area (Å²) in [5, 5.41) is 3.04. The van der Waals surface area contributed by atoms with E-state index in [0.717, 1.165) is 0 Å². The molecule has 0 atom stereocenters. The molecule has 2 amide bonds. The van der Waals surface area contributed by atoms with E-state index in [9.17, 15) is 9.59 Å². The molecule has 0 saturated carbocycles. The Kier molecular flexibility index (Phi) is 4.50. The minimum absolute atomic E-state index is 0.364. The molecule has 21 heavy (non-hydrogen) atoms. The number of hydrogen-bond donors (Lipinski definition) is 5. The van der Waals surface area contributed by atoms with Crippen LogP contribution in [0, 0.1) is 0 Å². The van der Waals surface area contributed by atoms with Gasteiger partial charge in [0.15, 0.2) is 0 Å². The lowest BCUT2D eigenvalue weighted by molar-refractivity contribution is 0.0947. The smallest absolute Gasteiger partial charge is 0.267 e. The first-order valence-electron chi connectivity index (χ1n) is 6.14. The highest BCUT2D eigenvalue weighted by Gasteiger charge is 2.13. The Morgan fingerprint density at radius 3 is 1.48 bits per heavy atom. The normalized spacial score (nSPS) is 9.81. The third-order valence-corrected chi connectivity index (χ3v) is 2.87. The molecule has 0 radical (unpaired) electrons. The molecule has 0 aliphatic heterocycles. The molecule has 7 heteroatoms. The van der Waals surface area contributed by atoms with Gasteiger partial charge in [0.05, 0.1) is 22.5 Å². The van der Waals surface area contributed by atoms with Gasteiger partial charge in [-0.3, -0.25) is 20.4 Å². The number of hydrogen-bond acceptors (Lipinski definition) is 5. The van der Waals surface area contributed by atoms with E-state index in [4.69, 9.17) is 11.7 Å². The van der Waals surface area contributed by atoms with Gasteiger partial charge in [0, 0.05) is 0 Å². The van der Waals surface area contributed by atoms with Crippen LogP contribution in [0.15, 0.2) is 48.5 Å². The van der Waals surface area contributed by atoms with Crippen LogP contribution in [0.25, 0.3) is 0 Å². The molecule has 108 valence electrons.